The van der Waals surface area contributed by atoms with Crippen molar-refractivity contribution in [3.63, 3.8) is 0 Å². The van der Waals surface area contributed by atoms with Gasteiger partial charge in [-0.2, -0.15) is 0 Å². The van der Waals surface area contributed by atoms with Crippen molar-refractivity contribution in [2.45, 2.75) is 12.8 Å². The van der Waals surface area contributed by atoms with Crippen LogP contribution in [0.1, 0.15) is 23.2 Å². The van der Waals surface area contributed by atoms with Crippen LogP contribution in [0.3, 0.4) is 0 Å². The molecule has 1 saturated carbocycles. The van der Waals surface area contributed by atoms with Crippen molar-refractivity contribution in [1.29, 1.82) is 0 Å². The van der Waals surface area contributed by atoms with Crippen molar-refractivity contribution in [3.05, 3.63) is 71.6 Å². The third-order valence-electron chi connectivity index (χ3n) is 4.29. The van der Waals surface area contributed by atoms with Gasteiger partial charge in [0.1, 0.15) is 6.33 Å². The second-order valence-electron chi connectivity index (χ2n) is 6.44. The molecule has 3 aromatic rings. The Morgan fingerprint density at radius 1 is 1.07 bits per heavy atom. The molecule has 0 saturated heterocycles. The maximum Gasteiger partial charge on any atom is 0.255 e. The first-order chi connectivity index (χ1) is 13.1. The zero-order chi connectivity index (χ0) is 18.8. The lowest BCUT2D eigenvalue weighted by atomic mass is 10.2. The summed E-state index contributed by atoms with van der Waals surface area (Å²) < 4.78 is 1.79. The summed E-state index contributed by atoms with van der Waals surface area (Å²) in [6.45, 7) is 0. The fraction of sp³-hybridized carbons (Fsp3) is 0.150. The van der Waals surface area contributed by atoms with Crippen LogP contribution in [0, 0.1) is 5.92 Å². The first-order valence-electron chi connectivity index (χ1n) is 8.61. The van der Waals surface area contributed by atoms with E-state index in [0.29, 0.717) is 22.1 Å². The van der Waals surface area contributed by atoms with E-state index in [2.05, 4.69) is 15.6 Å². The number of aromatic nitrogens is 2. The first kappa shape index (κ1) is 17.3. The molecule has 0 spiro atoms. The summed E-state index contributed by atoms with van der Waals surface area (Å²) in [4.78, 5) is 28.3. The van der Waals surface area contributed by atoms with E-state index in [1.165, 1.54) is 0 Å². The Morgan fingerprint density at radius 3 is 2.56 bits per heavy atom. The molecule has 0 aliphatic heterocycles. The average Bonchev–Trinajstić information content (AvgIpc) is 3.42. The molecule has 4 rings (SSSR count). The molecule has 0 radical (unpaired) electrons. The molecule has 2 aromatic carbocycles. The Bertz CT molecular complexity index is 993. The Kier molecular flexibility index (Phi) is 4.64. The van der Waals surface area contributed by atoms with Crippen LogP contribution in [0.15, 0.2) is 61.1 Å². The number of carbonyl (C=O) groups is 2. The third kappa shape index (κ3) is 4.17. The second kappa shape index (κ2) is 7.25. The van der Waals surface area contributed by atoms with E-state index < -0.39 is 0 Å². The summed E-state index contributed by atoms with van der Waals surface area (Å²) in [5.74, 6) is 0.460. The number of anilines is 2. The minimum Gasteiger partial charge on any atom is -0.322 e. The summed E-state index contributed by atoms with van der Waals surface area (Å²) in [6, 6.07) is 14.1. The monoisotopic (exact) mass is 380 g/mol. The van der Waals surface area contributed by atoms with Gasteiger partial charge in [-0.25, -0.2) is 4.98 Å². The SMILES string of the molecule is O=C(Nc1cccc(Cl)c1)c1ccc(-n2cnc(NC(=O)C3CC3)c2)cc1. The summed E-state index contributed by atoms with van der Waals surface area (Å²) in [5.41, 5.74) is 2.01. The Labute approximate surface area is 161 Å². The number of amides is 2. The molecule has 0 unspecified atom stereocenters. The van der Waals surface area contributed by atoms with Crippen molar-refractivity contribution in [2.24, 2.45) is 5.92 Å². The molecule has 27 heavy (non-hydrogen) atoms. The number of carbonyl (C=O) groups excluding carboxylic acids is 2. The molecule has 2 N–H and O–H groups in total. The number of imidazole rings is 1. The largest absolute Gasteiger partial charge is 0.322 e. The van der Waals surface area contributed by atoms with E-state index in [4.69, 9.17) is 11.6 Å². The molecule has 1 aromatic heterocycles. The van der Waals surface area contributed by atoms with Crippen LogP contribution in [0.5, 0.6) is 0 Å². The quantitative estimate of drug-likeness (QED) is 0.698. The highest BCUT2D eigenvalue weighted by atomic mass is 35.5. The van der Waals surface area contributed by atoms with Gasteiger partial charge in [-0.15, -0.1) is 0 Å². The predicted molar refractivity (Wildman–Crippen MR) is 104 cm³/mol. The van der Waals surface area contributed by atoms with E-state index >= 15 is 0 Å². The van der Waals surface area contributed by atoms with Crippen LogP contribution in [0.2, 0.25) is 5.02 Å². The topological polar surface area (TPSA) is 76.0 Å². The molecular formula is C20H17ClN4O2. The number of benzene rings is 2. The standard InChI is InChI=1S/C20H17ClN4O2/c21-15-2-1-3-16(10-15)23-19(26)14-6-8-17(9-7-14)25-11-18(22-12-25)24-20(27)13-4-5-13/h1-3,6-13H,4-5H2,(H,23,26)(H,24,27). The van der Waals surface area contributed by atoms with E-state index in [1.54, 1.807) is 53.5 Å². The van der Waals surface area contributed by atoms with Crippen LogP contribution >= 0.6 is 11.6 Å². The minimum absolute atomic E-state index is 0.0216. The van der Waals surface area contributed by atoms with Crippen molar-refractivity contribution in [1.82, 2.24) is 9.55 Å². The first-order valence-corrected chi connectivity index (χ1v) is 8.98. The van der Waals surface area contributed by atoms with Crippen molar-refractivity contribution >= 4 is 34.9 Å². The van der Waals surface area contributed by atoms with Gasteiger partial charge in [0.05, 0.1) is 6.20 Å². The molecule has 7 heteroatoms. The zero-order valence-corrected chi connectivity index (χ0v) is 15.1. The Morgan fingerprint density at radius 2 is 1.85 bits per heavy atom. The van der Waals surface area contributed by atoms with Gasteiger partial charge >= 0.3 is 0 Å². The highest BCUT2D eigenvalue weighted by Gasteiger charge is 2.29. The van der Waals surface area contributed by atoms with E-state index in [-0.39, 0.29) is 17.7 Å². The van der Waals surface area contributed by atoms with Gasteiger partial charge in [-0.1, -0.05) is 17.7 Å². The molecule has 136 valence electrons. The number of halogens is 1. The van der Waals surface area contributed by atoms with E-state index in [1.807, 2.05) is 12.1 Å². The molecular weight excluding hydrogens is 364 g/mol. The fourth-order valence-corrected chi connectivity index (χ4v) is 2.85. The van der Waals surface area contributed by atoms with Crippen LogP contribution in [0.25, 0.3) is 5.69 Å². The van der Waals surface area contributed by atoms with Crippen LogP contribution in [0.4, 0.5) is 11.5 Å². The molecule has 0 bridgehead atoms. The van der Waals surface area contributed by atoms with Gasteiger partial charge in [0.25, 0.3) is 5.91 Å². The van der Waals surface area contributed by atoms with Gasteiger partial charge in [0, 0.05) is 27.9 Å². The lowest BCUT2D eigenvalue weighted by Crippen LogP contribution is -2.13. The maximum absolute atomic E-state index is 12.3. The number of hydrogen-bond acceptors (Lipinski definition) is 3. The predicted octanol–water partition coefficient (Wildman–Crippen LogP) is 4.13. The zero-order valence-electron chi connectivity index (χ0n) is 14.4. The lowest BCUT2D eigenvalue weighted by molar-refractivity contribution is -0.117. The molecule has 1 fully saturated rings. The summed E-state index contributed by atoms with van der Waals surface area (Å²) in [7, 11) is 0. The number of nitrogens with one attached hydrogen (secondary N) is 2. The van der Waals surface area contributed by atoms with Gasteiger partial charge in [-0.05, 0) is 55.3 Å². The fourth-order valence-electron chi connectivity index (χ4n) is 2.66. The summed E-state index contributed by atoms with van der Waals surface area (Å²) in [5, 5.41) is 6.18. The van der Waals surface area contributed by atoms with Crippen molar-refractivity contribution < 1.29 is 9.59 Å². The third-order valence-corrected chi connectivity index (χ3v) is 4.53. The van der Waals surface area contributed by atoms with Gasteiger partial charge in [0.15, 0.2) is 5.82 Å². The maximum atomic E-state index is 12.3. The highest BCUT2D eigenvalue weighted by Crippen LogP contribution is 2.30. The highest BCUT2D eigenvalue weighted by molar-refractivity contribution is 6.31. The van der Waals surface area contributed by atoms with E-state index in [9.17, 15) is 9.59 Å². The molecule has 0 atom stereocenters. The van der Waals surface area contributed by atoms with Gasteiger partial charge in [-0.3, -0.25) is 9.59 Å². The second-order valence-corrected chi connectivity index (χ2v) is 6.88. The lowest BCUT2D eigenvalue weighted by Gasteiger charge is -2.07. The molecule has 1 aliphatic rings. The molecule has 1 heterocycles. The molecule has 6 nitrogen and oxygen atoms in total. The van der Waals surface area contributed by atoms with Gasteiger partial charge in [0.2, 0.25) is 5.91 Å². The molecule has 1 aliphatic carbocycles. The number of rotatable bonds is 5. The van der Waals surface area contributed by atoms with Crippen molar-refractivity contribution in [2.75, 3.05) is 10.6 Å². The smallest absolute Gasteiger partial charge is 0.255 e. The van der Waals surface area contributed by atoms with Crippen LogP contribution in [-0.4, -0.2) is 21.4 Å². The van der Waals surface area contributed by atoms with Crippen LogP contribution in [-0.2, 0) is 4.79 Å². The average molecular weight is 381 g/mol. The number of hydrogen-bond donors (Lipinski definition) is 2. The summed E-state index contributed by atoms with van der Waals surface area (Å²) >= 11 is 5.93. The van der Waals surface area contributed by atoms with Crippen molar-refractivity contribution in [3.8, 4) is 5.69 Å². The van der Waals surface area contributed by atoms with Gasteiger partial charge < -0.3 is 15.2 Å². The molecule has 2 amide bonds. The van der Waals surface area contributed by atoms with E-state index in [0.717, 1.165) is 18.5 Å². The van der Waals surface area contributed by atoms with Crippen LogP contribution < -0.4 is 10.6 Å². The summed E-state index contributed by atoms with van der Waals surface area (Å²) in [6.07, 6.45) is 5.28. The Hall–Kier alpha value is -3.12. The normalized spacial score (nSPS) is 13.2. The Balaban J connectivity index is 1.43. The number of nitrogens with zero attached hydrogens (tertiary/aromatic N) is 2. The minimum atomic E-state index is -0.216.